The van der Waals surface area contributed by atoms with Crippen molar-refractivity contribution < 1.29 is 9.47 Å². The van der Waals surface area contributed by atoms with Gasteiger partial charge in [-0.05, 0) is 53.6 Å². The number of halogens is 1. The van der Waals surface area contributed by atoms with Gasteiger partial charge in [-0.1, -0.05) is 6.07 Å². The molecule has 1 aromatic carbocycles. The lowest BCUT2D eigenvalue weighted by Crippen LogP contribution is -2.35. The van der Waals surface area contributed by atoms with Crippen molar-refractivity contribution in [2.24, 2.45) is 0 Å². The first-order chi connectivity index (χ1) is 8.28. The van der Waals surface area contributed by atoms with Crippen LogP contribution in [0.5, 0.6) is 5.75 Å². The minimum absolute atomic E-state index is 0.0822. The molecule has 4 heteroatoms. The van der Waals surface area contributed by atoms with Crippen LogP contribution in [0.1, 0.15) is 12.8 Å². The second-order valence-electron chi connectivity index (χ2n) is 4.34. The third kappa shape index (κ3) is 4.81. The summed E-state index contributed by atoms with van der Waals surface area (Å²) in [7, 11) is 1.71. The summed E-state index contributed by atoms with van der Waals surface area (Å²) in [6, 6.07) is 8.80. The molecule has 1 saturated carbocycles. The SMILES string of the molecule is COCC(CNC1CC1)Oc1cccc(I)c1. The fourth-order valence-electron chi connectivity index (χ4n) is 1.64. The normalized spacial score (nSPS) is 16.8. The van der Waals surface area contributed by atoms with Gasteiger partial charge >= 0.3 is 0 Å². The molecule has 94 valence electrons. The van der Waals surface area contributed by atoms with E-state index in [1.54, 1.807) is 7.11 Å². The summed E-state index contributed by atoms with van der Waals surface area (Å²) < 4.78 is 12.3. The first-order valence-electron chi connectivity index (χ1n) is 5.92. The molecule has 0 spiro atoms. The number of hydrogen-bond donors (Lipinski definition) is 1. The molecule has 1 aliphatic carbocycles. The summed E-state index contributed by atoms with van der Waals surface area (Å²) in [6.45, 7) is 1.47. The van der Waals surface area contributed by atoms with Gasteiger partial charge in [0.05, 0.1) is 6.61 Å². The van der Waals surface area contributed by atoms with Crippen LogP contribution in [0.15, 0.2) is 24.3 Å². The molecule has 0 amide bonds. The highest BCUT2D eigenvalue weighted by Gasteiger charge is 2.22. The van der Waals surface area contributed by atoms with Crippen LogP contribution < -0.4 is 10.1 Å². The first kappa shape index (κ1) is 13.1. The Bertz CT molecular complexity index is 355. The van der Waals surface area contributed by atoms with Crippen LogP contribution in [0.4, 0.5) is 0 Å². The van der Waals surface area contributed by atoms with Crippen LogP contribution in [0.25, 0.3) is 0 Å². The molecule has 1 aromatic rings. The van der Waals surface area contributed by atoms with Gasteiger partial charge in [0.1, 0.15) is 11.9 Å². The lowest BCUT2D eigenvalue weighted by molar-refractivity contribution is 0.0803. The van der Waals surface area contributed by atoms with E-state index < -0.39 is 0 Å². The molecule has 0 aliphatic heterocycles. The number of methoxy groups -OCH3 is 1. The van der Waals surface area contributed by atoms with Crippen LogP contribution in [0.3, 0.4) is 0 Å². The predicted molar refractivity (Wildman–Crippen MR) is 76.5 cm³/mol. The van der Waals surface area contributed by atoms with Gasteiger partial charge in [0, 0.05) is 23.3 Å². The number of nitrogens with one attached hydrogen (secondary N) is 1. The number of ether oxygens (including phenoxy) is 2. The zero-order chi connectivity index (χ0) is 12.1. The minimum Gasteiger partial charge on any atom is -0.487 e. The summed E-state index contributed by atoms with van der Waals surface area (Å²) >= 11 is 2.29. The van der Waals surface area contributed by atoms with Crippen molar-refractivity contribution in [2.75, 3.05) is 20.3 Å². The van der Waals surface area contributed by atoms with Crippen LogP contribution in [-0.2, 0) is 4.74 Å². The largest absolute Gasteiger partial charge is 0.487 e. The van der Waals surface area contributed by atoms with Gasteiger partial charge in [-0.2, -0.15) is 0 Å². The molecule has 0 heterocycles. The standard InChI is InChI=1S/C13H18INO2/c1-16-9-13(8-15-11-5-6-11)17-12-4-2-3-10(14)7-12/h2-4,7,11,13,15H,5-6,8-9H2,1H3. The summed E-state index contributed by atoms with van der Waals surface area (Å²) in [5.74, 6) is 0.913. The fraction of sp³-hybridized carbons (Fsp3) is 0.538. The summed E-state index contributed by atoms with van der Waals surface area (Å²) in [4.78, 5) is 0. The Morgan fingerprint density at radius 2 is 2.29 bits per heavy atom. The zero-order valence-electron chi connectivity index (χ0n) is 9.99. The van der Waals surface area contributed by atoms with Crippen molar-refractivity contribution in [3.05, 3.63) is 27.8 Å². The molecule has 2 rings (SSSR count). The van der Waals surface area contributed by atoms with Crippen molar-refractivity contribution in [2.45, 2.75) is 25.0 Å². The Labute approximate surface area is 116 Å². The Morgan fingerprint density at radius 3 is 2.94 bits per heavy atom. The summed E-state index contributed by atoms with van der Waals surface area (Å²) in [5, 5.41) is 3.47. The van der Waals surface area contributed by atoms with Crippen molar-refractivity contribution >= 4 is 22.6 Å². The number of benzene rings is 1. The highest BCUT2D eigenvalue weighted by atomic mass is 127. The van der Waals surface area contributed by atoms with Crippen molar-refractivity contribution in [3.63, 3.8) is 0 Å². The van der Waals surface area contributed by atoms with E-state index in [9.17, 15) is 0 Å². The van der Waals surface area contributed by atoms with Gasteiger partial charge in [-0.3, -0.25) is 0 Å². The molecule has 0 saturated heterocycles. The molecule has 1 fully saturated rings. The second kappa shape index (κ2) is 6.56. The average molecular weight is 347 g/mol. The summed E-state index contributed by atoms with van der Waals surface area (Å²) in [6.07, 6.45) is 2.67. The van der Waals surface area contributed by atoms with Crippen molar-refractivity contribution in [3.8, 4) is 5.75 Å². The number of hydrogen-bond acceptors (Lipinski definition) is 3. The third-order valence-corrected chi connectivity index (χ3v) is 3.33. The molecule has 1 N–H and O–H groups in total. The van der Waals surface area contributed by atoms with Gasteiger partial charge in [0.25, 0.3) is 0 Å². The van der Waals surface area contributed by atoms with Gasteiger partial charge in [-0.25, -0.2) is 0 Å². The second-order valence-corrected chi connectivity index (χ2v) is 5.58. The number of rotatable bonds is 7. The maximum atomic E-state index is 5.92. The Morgan fingerprint density at radius 1 is 1.47 bits per heavy atom. The van der Waals surface area contributed by atoms with Crippen molar-refractivity contribution in [1.82, 2.24) is 5.32 Å². The highest BCUT2D eigenvalue weighted by molar-refractivity contribution is 14.1. The molecule has 0 aromatic heterocycles. The van der Waals surface area contributed by atoms with Crippen LogP contribution in [0, 0.1) is 3.57 Å². The molecule has 0 bridgehead atoms. The molecule has 17 heavy (non-hydrogen) atoms. The van der Waals surface area contributed by atoms with Crippen LogP contribution in [-0.4, -0.2) is 32.4 Å². The molecule has 3 nitrogen and oxygen atoms in total. The van der Waals surface area contributed by atoms with E-state index in [1.807, 2.05) is 18.2 Å². The van der Waals surface area contributed by atoms with Crippen molar-refractivity contribution in [1.29, 1.82) is 0 Å². The molecule has 1 unspecified atom stereocenters. The zero-order valence-corrected chi connectivity index (χ0v) is 12.1. The molecular weight excluding hydrogens is 329 g/mol. The van der Waals surface area contributed by atoms with E-state index in [-0.39, 0.29) is 6.10 Å². The molecule has 0 radical (unpaired) electrons. The lowest BCUT2D eigenvalue weighted by atomic mass is 10.3. The Balaban J connectivity index is 1.86. The molecular formula is C13H18INO2. The lowest BCUT2D eigenvalue weighted by Gasteiger charge is -2.19. The van der Waals surface area contributed by atoms with E-state index in [4.69, 9.17) is 9.47 Å². The Hall–Kier alpha value is -0.330. The van der Waals surface area contributed by atoms with E-state index in [0.717, 1.165) is 12.3 Å². The van der Waals surface area contributed by atoms with Gasteiger partial charge in [0.15, 0.2) is 0 Å². The van der Waals surface area contributed by atoms with E-state index in [2.05, 4.69) is 34.0 Å². The molecule has 1 aliphatic rings. The maximum absolute atomic E-state index is 5.92. The minimum atomic E-state index is 0.0822. The van der Waals surface area contributed by atoms with Gasteiger partial charge in [0.2, 0.25) is 0 Å². The Kier molecular flexibility index (Phi) is 5.06. The topological polar surface area (TPSA) is 30.5 Å². The van der Waals surface area contributed by atoms with Crippen LogP contribution >= 0.6 is 22.6 Å². The van der Waals surface area contributed by atoms with E-state index >= 15 is 0 Å². The fourth-order valence-corrected chi connectivity index (χ4v) is 2.15. The highest BCUT2D eigenvalue weighted by Crippen LogP contribution is 2.19. The average Bonchev–Trinajstić information content (AvgIpc) is 3.10. The van der Waals surface area contributed by atoms with E-state index in [0.29, 0.717) is 12.6 Å². The summed E-state index contributed by atoms with van der Waals surface area (Å²) in [5.41, 5.74) is 0. The third-order valence-electron chi connectivity index (χ3n) is 2.66. The molecule has 1 atom stereocenters. The van der Waals surface area contributed by atoms with E-state index in [1.165, 1.54) is 16.4 Å². The smallest absolute Gasteiger partial charge is 0.134 e. The first-order valence-corrected chi connectivity index (χ1v) is 7.00. The monoisotopic (exact) mass is 347 g/mol. The van der Waals surface area contributed by atoms with Crippen LogP contribution in [0.2, 0.25) is 0 Å². The van der Waals surface area contributed by atoms with Gasteiger partial charge < -0.3 is 14.8 Å². The van der Waals surface area contributed by atoms with Gasteiger partial charge in [-0.15, -0.1) is 0 Å². The predicted octanol–water partition coefficient (Wildman–Crippen LogP) is 2.44. The maximum Gasteiger partial charge on any atom is 0.134 e. The quantitative estimate of drug-likeness (QED) is 0.769.